The molecular weight excluding hydrogens is 328 g/mol. The first-order valence-corrected chi connectivity index (χ1v) is 10.1. The normalized spacial score (nSPS) is 26.4. The zero-order valence-electron chi connectivity index (χ0n) is 15.4. The van der Waals surface area contributed by atoms with Crippen LogP contribution in [-0.4, -0.2) is 26.9 Å². The Balaban J connectivity index is 1.62. The summed E-state index contributed by atoms with van der Waals surface area (Å²) in [4.78, 5) is 1.70. The predicted molar refractivity (Wildman–Crippen MR) is 103 cm³/mol. The van der Waals surface area contributed by atoms with Crippen molar-refractivity contribution >= 4 is 12.2 Å². The van der Waals surface area contributed by atoms with Crippen molar-refractivity contribution in [2.45, 2.75) is 58.2 Å². The molecule has 25 heavy (non-hydrogen) atoms. The maximum atomic E-state index is 5.72. The van der Waals surface area contributed by atoms with E-state index in [1.165, 1.54) is 56.2 Å². The first-order valence-electron chi connectivity index (χ1n) is 9.69. The molecule has 0 amide bonds. The number of piperidine rings is 1. The summed E-state index contributed by atoms with van der Waals surface area (Å²) in [7, 11) is 2.04. The Hall–Kier alpha value is -1.46. The van der Waals surface area contributed by atoms with Gasteiger partial charge < -0.3 is 9.47 Å². The van der Waals surface area contributed by atoms with Crippen LogP contribution in [0.4, 0.5) is 0 Å². The van der Waals surface area contributed by atoms with E-state index in [0.717, 1.165) is 29.2 Å². The molecule has 2 heterocycles. The number of quaternary nitrogens is 1. The third-order valence-electron chi connectivity index (χ3n) is 6.29. The Bertz CT molecular complexity index is 804. The summed E-state index contributed by atoms with van der Waals surface area (Å²) < 4.78 is 4.98. The molecule has 1 saturated carbocycles. The number of hydrogen-bond donors (Lipinski definition) is 1. The van der Waals surface area contributed by atoms with E-state index in [9.17, 15) is 0 Å². The minimum Gasteiger partial charge on any atom is -0.314 e. The smallest absolute Gasteiger partial charge is 0.202 e. The lowest BCUT2D eigenvalue weighted by Gasteiger charge is -2.40. The monoisotopic (exact) mass is 357 g/mol. The highest BCUT2D eigenvalue weighted by Crippen LogP contribution is 2.28. The minimum atomic E-state index is 0.813. The second kappa shape index (κ2) is 7.04. The maximum absolute atomic E-state index is 5.72. The van der Waals surface area contributed by atoms with Crippen LogP contribution < -0.4 is 4.90 Å². The third kappa shape index (κ3) is 3.20. The van der Waals surface area contributed by atoms with Crippen LogP contribution in [0.3, 0.4) is 0 Å². The molecule has 0 spiro atoms. The van der Waals surface area contributed by atoms with Gasteiger partial charge in [-0.3, -0.25) is 0 Å². The number of hydrogen-bond acceptors (Lipinski definition) is 2. The fourth-order valence-electron chi connectivity index (χ4n) is 4.91. The Kier molecular flexibility index (Phi) is 4.78. The molecule has 0 radical (unpaired) electrons. The topological polar surface area (TPSA) is 27.2 Å². The number of nitrogens with zero attached hydrogens (tertiary/aromatic N) is 3. The van der Waals surface area contributed by atoms with Gasteiger partial charge in [-0.1, -0.05) is 30.7 Å². The molecule has 1 aliphatic heterocycles. The Morgan fingerprint density at radius 1 is 1.16 bits per heavy atom. The quantitative estimate of drug-likeness (QED) is 0.855. The second-order valence-corrected chi connectivity index (χ2v) is 8.20. The number of nitrogens with one attached hydrogen (secondary N) is 1. The average Bonchev–Trinajstić information content (AvgIpc) is 2.91. The van der Waals surface area contributed by atoms with E-state index in [1.807, 2.05) is 7.05 Å². The predicted octanol–water partition coefficient (Wildman–Crippen LogP) is 3.12. The van der Waals surface area contributed by atoms with Gasteiger partial charge in [-0.05, 0) is 56.8 Å². The summed E-state index contributed by atoms with van der Waals surface area (Å²) in [5.41, 5.74) is 2.43. The van der Waals surface area contributed by atoms with Crippen molar-refractivity contribution in [3.8, 4) is 11.4 Å². The molecule has 3 atom stereocenters. The second-order valence-electron chi connectivity index (χ2n) is 7.84. The van der Waals surface area contributed by atoms with Crippen molar-refractivity contribution in [2.75, 3.05) is 6.54 Å². The van der Waals surface area contributed by atoms with Gasteiger partial charge in [0, 0.05) is 18.5 Å². The number of benzene rings is 1. The summed E-state index contributed by atoms with van der Waals surface area (Å²) in [6.45, 7) is 4.32. The van der Waals surface area contributed by atoms with Gasteiger partial charge in [-0.15, -0.1) is 5.10 Å². The van der Waals surface area contributed by atoms with Gasteiger partial charge in [0.05, 0.1) is 12.6 Å². The highest BCUT2D eigenvalue weighted by atomic mass is 32.1. The van der Waals surface area contributed by atoms with Gasteiger partial charge in [0.15, 0.2) is 12.5 Å². The van der Waals surface area contributed by atoms with Crippen LogP contribution in [0.15, 0.2) is 24.3 Å². The summed E-state index contributed by atoms with van der Waals surface area (Å²) in [5.74, 6) is 1.91. The summed E-state index contributed by atoms with van der Waals surface area (Å²) in [6, 6.07) is 9.24. The van der Waals surface area contributed by atoms with Gasteiger partial charge in [-0.2, -0.15) is 4.68 Å². The SMILES string of the molecule is Cc1ccccc1-c1nn(C[NH+]2CCC[C@@H]3CCCC[C@@H]32)c(=S)n1C. The van der Waals surface area contributed by atoms with Gasteiger partial charge in [0.1, 0.15) is 0 Å². The molecule has 2 aromatic rings. The first kappa shape index (κ1) is 17.0. The fraction of sp³-hybridized carbons (Fsp3) is 0.600. The zero-order chi connectivity index (χ0) is 17.4. The molecule has 1 unspecified atom stereocenters. The largest absolute Gasteiger partial charge is 0.314 e. The standard InChI is InChI=1S/C20H28N4S/c1-15-8-3-5-11-17(15)19-21-24(20(25)22(19)2)14-23-13-7-10-16-9-4-6-12-18(16)23/h3,5,8,11,16,18H,4,6-7,9-10,12-14H2,1-2H3/p+1/t16-,18-/m0/s1. The maximum Gasteiger partial charge on any atom is 0.202 e. The lowest BCUT2D eigenvalue weighted by atomic mass is 9.78. The lowest BCUT2D eigenvalue weighted by molar-refractivity contribution is -0.958. The van der Waals surface area contributed by atoms with Gasteiger partial charge in [-0.25, -0.2) is 0 Å². The molecule has 4 rings (SSSR count). The first-order chi connectivity index (χ1) is 12.1. The number of fused-ring (bicyclic) bond motifs is 1. The van der Waals surface area contributed by atoms with Gasteiger partial charge in [0.25, 0.3) is 0 Å². The number of likely N-dealkylation sites (tertiary alicyclic amines) is 1. The molecule has 5 heteroatoms. The van der Waals surface area contributed by atoms with E-state index < -0.39 is 0 Å². The lowest BCUT2D eigenvalue weighted by Crippen LogP contribution is -3.17. The van der Waals surface area contributed by atoms with Crippen LogP contribution in [0.5, 0.6) is 0 Å². The molecule has 0 bridgehead atoms. The summed E-state index contributed by atoms with van der Waals surface area (Å²) in [5, 5.41) is 4.93. The van der Waals surface area contributed by atoms with Crippen LogP contribution in [0.1, 0.15) is 44.1 Å². The minimum absolute atomic E-state index is 0.813. The molecule has 1 aromatic heterocycles. The van der Waals surface area contributed by atoms with Crippen molar-refractivity contribution in [3.63, 3.8) is 0 Å². The molecule has 1 aliphatic carbocycles. The highest BCUT2D eigenvalue weighted by Gasteiger charge is 2.36. The van der Waals surface area contributed by atoms with Crippen LogP contribution in [-0.2, 0) is 13.7 Å². The zero-order valence-corrected chi connectivity index (χ0v) is 16.2. The van der Waals surface area contributed by atoms with Crippen LogP contribution in [0.25, 0.3) is 11.4 Å². The molecule has 2 aliphatic rings. The van der Waals surface area contributed by atoms with Crippen molar-refractivity contribution < 1.29 is 4.90 Å². The molecular formula is C20H29N4S+. The Morgan fingerprint density at radius 2 is 1.92 bits per heavy atom. The summed E-state index contributed by atoms with van der Waals surface area (Å²) in [6.07, 6.45) is 8.40. The van der Waals surface area contributed by atoms with E-state index in [1.54, 1.807) is 4.90 Å². The summed E-state index contributed by atoms with van der Waals surface area (Å²) >= 11 is 5.72. The third-order valence-corrected chi connectivity index (χ3v) is 6.77. The molecule has 2 fully saturated rings. The van der Waals surface area contributed by atoms with Crippen molar-refractivity contribution in [3.05, 3.63) is 34.6 Å². The Morgan fingerprint density at radius 3 is 2.76 bits per heavy atom. The molecule has 1 aromatic carbocycles. The van der Waals surface area contributed by atoms with Crippen molar-refractivity contribution in [2.24, 2.45) is 13.0 Å². The molecule has 134 valence electrons. The average molecular weight is 358 g/mol. The fourth-order valence-corrected chi connectivity index (χ4v) is 5.10. The van der Waals surface area contributed by atoms with Crippen molar-refractivity contribution in [1.29, 1.82) is 0 Å². The van der Waals surface area contributed by atoms with E-state index in [0.29, 0.717) is 0 Å². The van der Waals surface area contributed by atoms with Crippen LogP contribution in [0, 0.1) is 17.6 Å². The number of aromatic nitrogens is 3. The highest BCUT2D eigenvalue weighted by molar-refractivity contribution is 7.71. The molecule has 4 nitrogen and oxygen atoms in total. The van der Waals surface area contributed by atoms with Crippen molar-refractivity contribution in [1.82, 2.24) is 14.3 Å². The number of aryl methyl sites for hydroxylation is 1. The van der Waals surface area contributed by atoms with E-state index in [-0.39, 0.29) is 0 Å². The number of rotatable bonds is 3. The van der Waals surface area contributed by atoms with Gasteiger partial charge in [0.2, 0.25) is 4.77 Å². The molecule has 1 saturated heterocycles. The van der Waals surface area contributed by atoms with E-state index in [4.69, 9.17) is 17.3 Å². The van der Waals surface area contributed by atoms with Gasteiger partial charge >= 0.3 is 0 Å². The van der Waals surface area contributed by atoms with E-state index >= 15 is 0 Å². The van der Waals surface area contributed by atoms with E-state index in [2.05, 4.69) is 40.4 Å². The van der Waals surface area contributed by atoms with Crippen LogP contribution in [0.2, 0.25) is 0 Å². The van der Waals surface area contributed by atoms with Crippen LogP contribution >= 0.6 is 12.2 Å². The molecule has 1 N–H and O–H groups in total. The Labute approximate surface area is 155 Å².